The monoisotopic (exact) mass is 219 g/mol. The van der Waals surface area contributed by atoms with Gasteiger partial charge in [-0.1, -0.05) is 34.1 Å². The molecule has 1 N–H and O–H groups in total. The summed E-state index contributed by atoms with van der Waals surface area (Å²) in [5.74, 6) is 0. The van der Waals surface area contributed by atoms with Crippen LogP contribution in [0.25, 0.3) is 0 Å². The predicted octanol–water partition coefficient (Wildman–Crippen LogP) is 2.69. The molecule has 0 unspecified atom stereocenters. The molecule has 0 fully saturated rings. The Morgan fingerprint density at radius 1 is 1.40 bits per heavy atom. The molecule has 0 aliphatic rings. The fourth-order valence-electron chi connectivity index (χ4n) is 0.714. The Morgan fingerprint density at radius 3 is 2.70 bits per heavy atom. The number of halogens is 2. The third-order valence-corrected chi connectivity index (χ3v) is 2.12. The normalized spacial score (nSPS) is 9.80. The fraction of sp³-hybridized carbons (Fsp3) is 0.143. The van der Waals surface area contributed by atoms with Crippen LogP contribution in [-0.4, -0.2) is 0 Å². The molecule has 54 valence electrons. The van der Waals surface area contributed by atoms with E-state index >= 15 is 0 Å². The molecule has 0 saturated carbocycles. The van der Waals surface area contributed by atoms with E-state index in [2.05, 4.69) is 20.8 Å². The second-order valence-electron chi connectivity index (χ2n) is 1.90. The van der Waals surface area contributed by atoms with Crippen LogP contribution < -0.4 is 4.84 Å². The molecule has 0 saturated heterocycles. The van der Waals surface area contributed by atoms with E-state index in [0.717, 1.165) is 10.0 Å². The summed E-state index contributed by atoms with van der Waals surface area (Å²) in [6.07, 6.45) is 0. The van der Waals surface area contributed by atoms with Gasteiger partial charge in [-0.3, -0.25) is 0 Å². The molecule has 0 radical (unpaired) electrons. The molecule has 0 aliphatic heterocycles. The maximum absolute atomic E-state index is 5.34. The Morgan fingerprint density at radius 2 is 2.10 bits per heavy atom. The molecule has 1 aromatic rings. The second kappa shape index (κ2) is 3.96. The van der Waals surface area contributed by atoms with Crippen molar-refractivity contribution in [3.8, 4) is 0 Å². The lowest BCUT2D eigenvalue weighted by molar-refractivity contribution is 0.957. The summed E-state index contributed by atoms with van der Waals surface area (Å²) in [5, 5.41) is 0. The van der Waals surface area contributed by atoms with Gasteiger partial charge in [0.1, 0.15) is 0 Å². The fourth-order valence-corrected chi connectivity index (χ4v) is 1.28. The lowest BCUT2D eigenvalue weighted by atomic mass is 10.2. The van der Waals surface area contributed by atoms with Gasteiger partial charge >= 0.3 is 0 Å². The Labute approximate surface area is 73.6 Å². The molecular weight excluding hydrogens is 213 g/mol. The second-order valence-corrected chi connectivity index (χ2v) is 3.02. The van der Waals surface area contributed by atoms with Crippen molar-refractivity contribution in [1.29, 1.82) is 0 Å². The standard InChI is InChI=1S/C7H7BrClN/c8-7-4-2-1-3-6(7)5-10-9/h1-4,10H,5H2. The summed E-state index contributed by atoms with van der Waals surface area (Å²) in [7, 11) is 0. The van der Waals surface area contributed by atoms with Crippen molar-refractivity contribution in [2.75, 3.05) is 0 Å². The molecule has 0 atom stereocenters. The van der Waals surface area contributed by atoms with E-state index in [0.29, 0.717) is 6.54 Å². The third kappa shape index (κ3) is 1.97. The smallest absolute Gasteiger partial charge is 0.0370 e. The Bertz CT molecular complexity index is 215. The third-order valence-electron chi connectivity index (χ3n) is 1.22. The summed E-state index contributed by atoms with van der Waals surface area (Å²) in [4.78, 5) is 2.57. The number of hydrogen-bond donors (Lipinski definition) is 1. The average Bonchev–Trinajstić information content (AvgIpc) is 1.94. The van der Waals surface area contributed by atoms with Gasteiger partial charge in [0.25, 0.3) is 0 Å². The highest BCUT2D eigenvalue weighted by Gasteiger charge is 1.94. The number of nitrogens with one attached hydrogen (secondary N) is 1. The van der Waals surface area contributed by atoms with Crippen LogP contribution in [0.5, 0.6) is 0 Å². The lowest BCUT2D eigenvalue weighted by Crippen LogP contribution is -1.98. The van der Waals surface area contributed by atoms with Crippen molar-refractivity contribution in [3.63, 3.8) is 0 Å². The highest BCUT2D eigenvalue weighted by atomic mass is 79.9. The van der Waals surface area contributed by atoms with Crippen molar-refractivity contribution in [3.05, 3.63) is 34.3 Å². The first kappa shape index (κ1) is 8.05. The minimum Gasteiger partial charge on any atom is -0.229 e. The van der Waals surface area contributed by atoms with Gasteiger partial charge in [-0.15, -0.1) is 0 Å². The summed E-state index contributed by atoms with van der Waals surface area (Å²) in [5.41, 5.74) is 1.16. The molecule has 0 aromatic heterocycles. The zero-order chi connectivity index (χ0) is 7.40. The van der Waals surface area contributed by atoms with E-state index in [1.165, 1.54) is 0 Å². The van der Waals surface area contributed by atoms with Crippen molar-refractivity contribution in [2.24, 2.45) is 0 Å². The van der Waals surface area contributed by atoms with Crippen LogP contribution in [0.3, 0.4) is 0 Å². The maximum Gasteiger partial charge on any atom is 0.0370 e. The molecule has 10 heavy (non-hydrogen) atoms. The van der Waals surface area contributed by atoms with Crippen molar-refractivity contribution in [1.82, 2.24) is 4.84 Å². The van der Waals surface area contributed by atoms with E-state index in [1.54, 1.807) is 0 Å². The molecule has 0 amide bonds. The van der Waals surface area contributed by atoms with Crippen LogP contribution >= 0.6 is 27.7 Å². The molecule has 1 aromatic carbocycles. The summed E-state index contributed by atoms with van der Waals surface area (Å²) in [6, 6.07) is 7.96. The van der Waals surface area contributed by atoms with Crippen LogP contribution in [0.15, 0.2) is 28.7 Å². The summed E-state index contributed by atoms with van der Waals surface area (Å²) < 4.78 is 1.09. The summed E-state index contributed by atoms with van der Waals surface area (Å²) in [6.45, 7) is 0.684. The van der Waals surface area contributed by atoms with E-state index in [1.807, 2.05) is 24.3 Å². The molecule has 3 heteroatoms. The largest absolute Gasteiger partial charge is 0.229 e. The molecule has 0 bridgehead atoms. The zero-order valence-electron chi connectivity index (χ0n) is 5.27. The van der Waals surface area contributed by atoms with E-state index in [-0.39, 0.29) is 0 Å². The first-order valence-electron chi connectivity index (χ1n) is 2.91. The van der Waals surface area contributed by atoms with Crippen LogP contribution in [0.4, 0.5) is 0 Å². The quantitative estimate of drug-likeness (QED) is 0.756. The van der Waals surface area contributed by atoms with Crippen molar-refractivity contribution in [2.45, 2.75) is 6.54 Å². The van der Waals surface area contributed by atoms with Gasteiger partial charge in [-0.25, -0.2) is 4.84 Å². The topological polar surface area (TPSA) is 12.0 Å². The Kier molecular flexibility index (Phi) is 3.19. The zero-order valence-corrected chi connectivity index (χ0v) is 7.61. The minimum atomic E-state index is 0.684. The number of hydrogen-bond acceptors (Lipinski definition) is 1. The van der Waals surface area contributed by atoms with Crippen LogP contribution in [0.1, 0.15) is 5.56 Å². The van der Waals surface area contributed by atoms with Crippen LogP contribution in [0.2, 0.25) is 0 Å². The van der Waals surface area contributed by atoms with Crippen LogP contribution in [0, 0.1) is 0 Å². The van der Waals surface area contributed by atoms with E-state index < -0.39 is 0 Å². The molecular formula is C7H7BrClN. The molecule has 0 heterocycles. The molecule has 1 nitrogen and oxygen atoms in total. The molecule has 0 spiro atoms. The minimum absolute atomic E-state index is 0.684. The highest BCUT2D eigenvalue weighted by Crippen LogP contribution is 2.15. The Hall–Kier alpha value is -0.0500. The van der Waals surface area contributed by atoms with Crippen molar-refractivity contribution < 1.29 is 0 Å². The molecule has 0 aliphatic carbocycles. The van der Waals surface area contributed by atoms with Gasteiger partial charge in [0, 0.05) is 11.0 Å². The lowest BCUT2D eigenvalue weighted by Gasteiger charge is -1.99. The first-order chi connectivity index (χ1) is 4.84. The molecule has 1 rings (SSSR count). The highest BCUT2D eigenvalue weighted by molar-refractivity contribution is 9.10. The van der Waals surface area contributed by atoms with E-state index in [9.17, 15) is 0 Å². The first-order valence-corrected chi connectivity index (χ1v) is 4.08. The van der Waals surface area contributed by atoms with Crippen LogP contribution in [-0.2, 0) is 6.54 Å². The van der Waals surface area contributed by atoms with Gasteiger partial charge < -0.3 is 0 Å². The predicted molar refractivity (Wildman–Crippen MR) is 46.8 cm³/mol. The van der Waals surface area contributed by atoms with Crippen molar-refractivity contribution >= 4 is 27.7 Å². The average molecular weight is 220 g/mol. The number of benzene rings is 1. The summed E-state index contributed by atoms with van der Waals surface area (Å²) >= 11 is 8.74. The Balaban J connectivity index is 2.81. The van der Waals surface area contributed by atoms with Gasteiger partial charge in [0.05, 0.1) is 0 Å². The van der Waals surface area contributed by atoms with Gasteiger partial charge in [0.2, 0.25) is 0 Å². The maximum atomic E-state index is 5.34. The van der Waals surface area contributed by atoms with Gasteiger partial charge in [0.15, 0.2) is 0 Å². The van der Waals surface area contributed by atoms with Gasteiger partial charge in [-0.2, -0.15) is 0 Å². The number of rotatable bonds is 2. The SMILES string of the molecule is ClNCc1ccccc1Br. The van der Waals surface area contributed by atoms with E-state index in [4.69, 9.17) is 11.8 Å². The van der Waals surface area contributed by atoms with Gasteiger partial charge in [-0.05, 0) is 23.4 Å².